The summed E-state index contributed by atoms with van der Waals surface area (Å²) >= 11 is 0. The number of carbonyl (C=O) groups is 1. The van der Waals surface area contributed by atoms with Gasteiger partial charge in [0.2, 0.25) is 5.91 Å². The molecule has 134 valence electrons. The first kappa shape index (κ1) is 17.4. The molecule has 7 nitrogen and oxygen atoms in total. The lowest BCUT2D eigenvalue weighted by Crippen LogP contribution is -2.50. The van der Waals surface area contributed by atoms with Crippen LogP contribution in [0.3, 0.4) is 0 Å². The third-order valence-electron chi connectivity index (χ3n) is 4.57. The van der Waals surface area contributed by atoms with Crippen LogP contribution in [0.5, 0.6) is 5.75 Å². The maximum Gasteiger partial charge on any atom is 0.247 e. The average molecular weight is 343 g/mol. The normalized spacial score (nSPS) is 16.6. The Labute approximate surface area is 148 Å². The van der Waals surface area contributed by atoms with E-state index >= 15 is 0 Å². The Morgan fingerprint density at radius 1 is 1.20 bits per heavy atom. The predicted octanol–water partition coefficient (Wildman–Crippen LogP) is 1.58. The molecule has 1 amide bonds. The van der Waals surface area contributed by atoms with Gasteiger partial charge in [0, 0.05) is 26.2 Å². The molecule has 0 N–H and O–H groups in total. The van der Waals surface area contributed by atoms with Gasteiger partial charge in [-0.2, -0.15) is 0 Å². The van der Waals surface area contributed by atoms with Crippen molar-refractivity contribution in [2.24, 2.45) is 0 Å². The van der Waals surface area contributed by atoms with Gasteiger partial charge in [0.15, 0.2) is 0 Å². The molecule has 1 aromatic heterocycles. The Morgan fingerprint density at radius 3 is 2.60 bits per heavy atom. The topological polar surface area (TPSA) is 63.5 Å². The van der Waals surface area contributed by atoms with Gasteiger partial charge in [-0.05, 0) is 25.6 Å². The van der Waals surface area contributed by atoms with Crippen LogP contribution >= 0.6 is 0 Å². The molecule has 0 saturated carbocycles. The van der Waals surface area contributed by atoms with Gasteiger partial charge in [0.25, 0.3) is 0 Å². The summed E-state index contributed by atoms with van der Waals surface area (Å²) in [5.74, 6) is 0.881. The van der Waals surface area contributed by atoms with E-state index in [2.05, 4.69) is 22.1 Å². The zero-order chi connectivity index (χ0) is 17.6. The smallest absolute Gasteiger partial charge is 0.247 e. The number of rotatable bonds is 6. The highest BCUT2D eigenvalue weighted by atomic mass is 16.5. The van der Waals surface area contributed by atoms with E-state index in [9.17, 15) is 4.79 Å². The Balaban J connectivity index is 1.55. The fraction of sp³-hybridized carbons (Fsp3) is 0.500. The van der Waals surface area contributed by atoms with Crippen molar-refractivity contribution in [3.05, 3.63) is 42.2 Å². The first-order valence-electron chi connectivity index (χ1n) is 8.77. The molecule has 0 unspecified atom stereocenters. The van der Waals surface area contributed by atoms with Crippen molar-refractivity contribution in [2.75, 3.05) is 32.7 Å². The largest absolute Gasteiger partial charge is 0.487 e. The zero-order valence-electron chi connectivity index (χ0n) is 14.8. The van der Waals surface area contributed by atoms with Gasteiger partial charge in [-0.1, -0.05) is 30.3 Å². The molecule has 0 bridgehead atoms. The molecule has 1 fully saturated rings. The molecule has 25 heavy (non-hydrogen) atoms. The van der Waals surface area contributed by atoms with Gasteiger partial charge in [-0.3, -0.25) is 4.79 Å². The summed E-state index contributed by atoms with van der Waals surface area (Å²) in [6, 6.07) is 9.22. The molecule has 0 radical (unpaired) electrons. The average Bonchev–Trinajstić information content (AvgIpc) is 3.15. The number of piperazine rings is 1. The van der Waals surface area contributed by atoms with E-state index in [1.807, 2.05) is 42.2 Å². The Morgan fingerprint density at radius 2 is 1.92 bits per heavy atom. The van der Waals surface area contributed by atoms with Crippen molar-refractivity contribution >= 4 is 5.91 Å². The lowest BCUT2D eigenvalue weighted by atomic mass is 10.2. The molecule has 1 saturated heterocycles. The minimum atomic E-state index is -0.355. The minimum Gasteiger partial charge on any atom is -0.487 e. The second kappa shape index (κ2) is 8.11. The summed E-state index contributed by atoms with van der Waals surface area (Å²) < 4.78 is 7.29. The third kappa shape index (κ3) is 4.36. The van der Waals surface area contributed by atoms with E-state index < -0.39 is 0 Å². The Hall–Kier alpha value is -2.41. The number of hydrogen-bond acceptors (Lipinski definition) is 5. The Bertz CT molecular complexity index is 680. The summed E-state index contributed by atoms with van der Waals surface area (Å²) in [7, 11) is 0. The number of nitrogens with zero attached hydrogens (tertiary/aromatic N) is 5. The molecule has 0 spiro atoms. The van der Waals surface area contributed by atoms with E-state index in [1.54, 1.807) is 10.9 Å². The number of likely N-dealkylation sites (N-methyl/N-ethyl adjacent to an activating group) is 1. The van der Waals surface area contributed by atoms with Crippen LogP contribution < -0.4 is 4.74 Å². The number of ether oxygens (including phenoxy) is 1. The van der Waals surface area contributed by atoms with E-state index in [1.165, 1.54) is 0 Å². The summed E-state index contributed by atoms with van der Waals surface area (Å²) in [4.78, 5) is 16.9. The van der Waals surface area contributed by atoms with Gasteiger partial charge < -0.3 is 14.5 Å². The minimum absolute atomic E-state index is 0.0937. The fourth-order valence-electron chi connectivity index (χ4n) is 2.90. The molecule has 1 aliphatic rings. The van der Waals surface area contributed by atoms with E-state index in [4.69, 9.17) is 4.74 Å². The number of amides is 1. The first-order chi connectivity index (χ1) is 12.2. The summed E-state index contributed by atoms with van der Waals surface area (Å²) in [6.07, 6.45) is 1.79. The quantitative estimate of drug-likeness (QED) is 0.797. The molecule has 7 heteroatoms. The van der Waals surface area contributed by atoms with Crippen molar-refractivity contribution < 1.29 is 9.53 Å². The van der Waals surface area contributed by atoms with Gasteiger partial charge in [0.05, 0.1) is 6.20 Å². The number of aromatic nitrogens is 3. The van der Waals surface area contributed by atoms with Crippen LogP contribution in [0.1, 0.15) is 25.6 Å². The number of carbonyl (C=O) groups excluding carboxylic acids is 1. The molecule has 2 heterocycles. The fourth-order valence-corrected chi connectivity index (χ4v) is 2.90. The third-order valence-corrected chi connectivity index (χ3v) is 4.57. The van der Waals surface area contributed by atoms with Gasteiger partial charge >= 0.3 is 0 Å². The summed E-state index contributed by atoms with van der Waals surface area (Å²) in [5.41, 5.74) is 0.708. The van der Waals surface area contributed by atoms with Crippen LogP contribution in [0.2, 0.25) is 0 Å². The summed E-state index contributed by atoms with van der Waals surface area (Å²) in [5, 5.41) is 8.22. The maximum absolute atomic E-state index is 12.7. The lowest BCUT2D eigenvalue weighted by Gasteiger charge is -2.35. The van der Waals surface area contributed by atoms with Crippen molar-refractivity contribution in [3.63, 3.8) is 0 Å². The van der Waals surface area contributed by atoms with Crippen LogP contribution in [-0.4, -0.2) is 63.4 Å². The van der Waals surface area contributed by atoms with Crippen LogP contribution in [0.4, 0.5) is 0 Å². The highest BCUT2D eigenvalue weighted by Gasteiger charge is 2.26. The zero-order valence-corrected chi connectivity index (χ0v) is 14.8. The molecule has 1 atom stereocenters. The Kier molecular flexibility index (Phi) is 5.65. The van der Waals surface area contributed by atoms with Crippen LogP contribution in [-0.2, 0) is 11.4 Å². The number of benzene rings is 1. The number of para-hydroxylation sites is 1. The van der Waals surface area contributed by atoms with Crippen LogP contribution in [0, 0.1) is 0 Å². The molecular weight excluding hydrogens is 318 g/mol. The second-order valence-electron chi connectivity index (χ2n) is 6.23. The van der Waals surface area contributed by atoms with Crippen molar-refractivity contribution in [2.45, 2.75) is 26.5 Å². The highest BCUT2D eigenvalue weighted by molar-refractivity contribution is 5.80. The first-order valence-corrected chi connectivity index (χ1v) is 8.77. The van der Waals surface area contributed by atoms with Gasteiger partial charge in [-0.25, -0.2) is 4.68 Å². The lowest BCUT2D eigenvalue weighted by molar-refractivity contribution is -0.136. The molecular formula is C18H25N5O2. The molecule has 0 aliphatic carbocycles. The molecule has 3 rings (SSSR count). The van der Waals surface area contributed by atoms with E-state index in [0.717, 1.165) is 38.5 Å². The van der Waals surface area contributed by atoms with E-state index in [0.29, 0.717) is 12.3 Å². The SMILES string of the molecule is CCN1CCN(C(=O)[C@H](C)n2cc(COc3ccccc3)nn2)CC1. The monoisotopic (exact) mass is 343 g/mol. The van der Waals surface area contributed by atoms with E-state index in [-0.39, 0.29) is 11.9 Å². The number of hydrogen-bond donors (Lipinski definition) is 0. The molecule has 1 aromatic carbocycles. The van der Waals surface area contributed by atoms with Crippen molar-refractivity contribution in [3.8, 4) is 5.75 Å². The standard InChI is InChI=1S/C18H25N5O2/c1-3-21-9-11-22(12-10-21)18(24)15(2)23-13-16(19-20-23)14-25-17-7-5-4-6-8-17/h4-8,13,15H,3,9-12,14H2,1-2H3/t15-/m0/s1. The van der Waals surface area contributed by atoms with Gasteiger partial charge in [0.1, 0.15) is 24.1 Å². The summed E-state index contributed by atoms with van der Waals surface area (Å²) in [6.45, 7) is 8.79. The van der Waals surface area contributed by atoms with Crippen LogP contribution in [0.15, 0.2) is 36.5 Å². The van der Waals surface area contributed by atoms with Gasteiger partial charge in [-0.15, -0.1) is 5.10 Å². The van der Waals surface area contributed by atoms with Crippen molar-refractivity contribution in [1.29, 1.82) is 0 Å². The molecule has 2 aromatic rings. The maximum atomic E-state index is 12.7. The molecule has 1 aliphatic heterocycles. The highest BCUT2D eigenvalue weighted by Crippen LogP contribution is 2.14. The second-order valence-corrected chi connectivity index (χ2v) is 6.23. The predicted molar refractivity (Wildman–Crippen MR) is 94.2 cm³/mol. The van der Waals surface area contributed by atoms with Crippen molar-refractivity contribution in [1.82, 2.24) is 24.8 Å². The van der Waals surface area contributed by atoms with Crippen LogP contribution in [0.25, 0.3) is 0 Å².